The van der Waals surface area contributed by atoms with Crippen molar-refractivity contribution in [3.63, 3.8) is 0 Å². The van der Waals surface area contributed by atoms with Gasteiger partial charge in [0.15, 0.2) is 0 Å². The average molecular weight is 249 g/mol. The normalized spacial score (nSPS) is 26.9. The molecule has 0 radical (unpaired) electrons. The molecule has 0 aromatic heterocycles. The van der Waals surface area contributed by atoms with Crippen LogP contribution in [0.2, 0.25) is 0 Å². The standard InChI is InChI=1S/C14H23N3O/c1-2-6-13(15)14(18)17-10-7-12(11-17)16-8-4-3-5-9-16/h1,12-13H,3-11,15H2. The van der Waals surface area contributed by atoms with Gasteiger partial charge in [-0.25, -0.2) is 0 Å². The van der Waals surface area contributed by atoms with E-state index in [1.807, 2.05) is 4.90 Å². The van der Waals surface area contributed by atoms with E-state index < -0.39 is 6.04 Å². The van der Waals surface area contributed by atoms with Crippen LogP contribution in [0.4, 0.5) is 0 Å². The topological polar surface area (TPSA) is 49.6 Å². The largest absolute Gasteiger partial charge is 0.340 e. The molecule has 2 N–H and O–H groups in total. The van der Waals surface area contributed by atoms with Crippen LogP contribution in [0.5, 0.6) is 0 Å². The summed E-state index contributed by atoms with van der Waals surface area (Å²) in [5.74, 6) is 2.48. The number of terminal acetylenes is 1. The number of piperidine rings is 1. The Morgan fingerprint density at radius 1 is 1.33 bits per heavy atom. The summed E-state index contributed by atoms with van der Waals surface area (Å²) in [6.07, 6.45) is 10.5. The molecule has 0 aliphatic carbocycles. The number of carbonyl (C=O) groups excluding carboxylic acids is 1. The molecule has 4 heteroatoms. The summed E-state index contributed by atoms with van der Waals surface area (Å²) in [6, 6.07) is 0.0161. The lowest BCUT2D eigenvalue weighted by atomic mass is 10.1. The summed E-state index contributed by atoms with van der Waals surface area (Å²) in [5.41, 5.74) is 5.78. The quantitative estimate of drug-likeness (QED) is 0.738. The summed E-state index contributed by atoms with van der Waals surface area (Å²) in [7, 11) is 0. The van der Waals surface area contributed by atoms with E-state index in [-0.39, 0.29) is 5.91 Å². The maximum absolute atomic E-state index is 12.1. The fourth-order valence-electron chi connectivity index (χ4n) is 2.97. The van der Waals surface area contributed by atoms with Crippen LogP contribution in [-0.4, -0.2) is 54.0 Å². The molecule has 1 amide bonds. The molecule has 0 spiro atoms. The Labute approximate surface area is 109 Å². The molecule has 2 rings (SSSR count). The van der Waals surface area contributed by atoms with Gasteiger partial charge in [0.05, 0.1) is 6.04 Å². The Kier molecular flexibility index (Phi) is 4.62. The van der Waals surface area contributed by atoms with Gasteiger partial charge >= 0.3 is 0 Å². The smallest absolute Gasteiger partial charge is 0.240 e. The predicted octanol–water partition coefficient (Wildman–Crippen LogP) is 0.424. The molecular weight excluding hydrogens is 226 g/mol. The van der Waals surface area contributed by atoms with Crippen LogP contribution in [0.15, 0.2) is 0 Å². The number of hydrogen-bond acceptors (Lipinski definition) is 3. The van der Waals surface area contributed by atoms with Crippen LogP contribution in [0.3, 0.4) is 0 Å². The predicted molar refractivity (Wildman–Crippen MR) is 71.8 cm³/mol. The van der Waals surface area contributed by atoms with Gasteiger partial charge in [0, 0.05) is 25.6 Å². The number of rotatable bonds is 3. The second kappa shape index (κ2) is 6.21. The molecule has 0 aromatic carbocycles. The van der Waals surface area contributed by atoms with Gasteiger partial charge in [0.2, 0.25) is 5.91 Å². The van der Waals surface area contributed by atoms with Crippen molar-refractivity contribution in [2.24, 2.45) is 5.73 Å². The van der Waals surface area contributed by atoms with Gasteiger partial charge in [-0.1, -0.05) is 6.42 Å². The number of carbonyl (C=O) groups is 1. The van der Waals surface area contributed by atoms with E-state index >= 15 is 0 Å². The van der Waals surface area contributed by atoms with Crippen LogP contribution < -0.4 is 5.73 Å². The second-order valence-electron chi connectivity index (χ2n) is 5.34. The highest BCUT2D eigenvalue weighted by Crippen LogP contribution is 2.20. The molecule has 2 unspecified atom stereocenters. The minimum absolute atomic E-state index is 0.0208. The number of likely N-dealkylation sites (tertiary alicyclic amines) is 2. The lowest BCUT2D eigenvalue weighted by Crippen LogP contribution is -2.45. The Balaban J connectivity index is 1.84. The van der Waals surface area contributed by atoms with Gasteiger partial charge in [-0.15, -0.1) is 12.3 Å². The van der Waals surface area contributed by atoms with Crippen LogP contribution in [0, 0.1) is 12.3 Å². The summed E-state index contributed by atoms with van der Waals surface area (Å²) in [5, 5.41) is 0. The van der Waals surface area contributed by atoms with Gasteiger partial charge in [-0.05, 0) is 32.4 Å². The molecule has 4 nitrogen and oxygen atoms in total. The van der Waals surface area contributed by atoms with Gasteiger partial charge in [0.25, 0.3) is 0 Å². The molecule has 2 fully saturated rings. The highest BCUT2D eigenvalue weighted by Gasteiger charge is 2.32. The Hall–Kier alpha value is -1.05. The van der Waals surface area contributed by atoms with Crippen molar-refractivity contribution in [2.45, 2.75) is 44.2 Å². The monoisotopic (exact) mass is 249 g/mol. The number of hydrogen-bond donors (Lipinski definition) is 1. The van der Waals surface area contributed by atoms with Crippen molar-refractivity contribution in [1.29, 1.82) is 0 Å². The maximum atomic E-state index is 12.1. The zero-order valence-corrected chi connectivity index (χ0v) is 11.0. The Morgan fingerprint density at radius 2 is 2.06 bits per heavy atom. The first-order valence-electron chi connectivity index (χ1n) is 6.94. The first kappa shape index (κ1) is 13.4. The van der Waals surface area contributed by atoms with Gasteiger partial charge in [0.1, 0.15) is 0 Å². The van der Waals surface area contributed by atoms with E-state index in [9.17, 15) is 4.79 Å². The molecule has 0 bridgehead atoms. The fraction of sp³-hybridized carbons (Fsp3) is 0.786. The first-order chi connectivity index (χ1) is 8.72. The van der Waals surface area contributed by atoms with Crippen LogP contribution >= 0.6 is 0 Å². The lowest BCUT2D eigenvalue weighted by Gasteiger charge is -2.32. The van der Waals surface area contributed by atoms with Crippen molar-refractivity contribution in [2.75, 3.05) is 26.2 Å². The highest BCUT2D eigenvalue weighted by atomic mass is 16.2. The molecule has 2 atom stereocenters. The highest BCUT2D eigenvalue weighted by molar-refractivity contribution is 5.82. The third-order valence-corrected chi connectivity index (χ3v) is 4.04. The third-order valence-electron chi connectivity index (χ3n) is 4.04. The SMILES string of the molecule is C#CCC(N)C(=O)N1CCC(N2CCCCC2)C1. The summed E-state index contributed by atoms with van der Waals surface area (Å²) in [4.78, 5) is 16.5. The Morgan fingerprint density at radius 3 is 2.72 bits per heavy atom. The minimum atomic E-state index is -0.518. The molecule has 2 aliphatic heterocycles. The Bertz CT molecular complexity index is 330. The molecule has 2 heterocycles. The van der Waals surface area contributed by atoms with Crippen LogP contribution in [-0.2, 0) is 4.79 Å². The zero-order valence-electron chi connectivity index (χ0n) is 11.0. The first-order valence-corrected chi connectivity index (χ1v) is 6.94. The van der Waals surface area contributed by atoms with Crippen LogP contribution in [0.1, 0.15) is 32.1 Å². The lowest BCUT2D eigenvalue weighted by molar-refractivity contribution is -0.131. The molecule has 2 saturated heterocycles. The number of nitrogens with two attached hydrogens (primary N) is 1. The second-order valence-corrected chi connectivity index (χ2v) is 5.34. The van der Waals surface area contributed by atoms with E-state index in [2.05, 4.69) is 10.8 Å². The van der Waals surface area contributed by atoms with Crippen molar-refractivity contribution in [3.05, 3.63) is 0 Å². The van der Waals surface area contributed by atoms with Gasteiger partial charge < -0.3 is 10.6 Å². The van der Waals surface area contributed by atoms with Crippen molar-refractivity contribution in [3.8, 4) is 12.3 Å². The molecular formula is C14H23N3O. The zero-order chi connectivity index (χ0) is 13.0. The molecule has 100 valence electrons. The van der Waals surface area contributed by atoms with Crippen molar-refractivity contribution in [1.82, 2.24) is 9.80 Å². The van der Waals surface area contributed by atoms with E-state index in [4.69, 9.17) is 12.2 Å². The maximum Gasteiger partial charge on any atom is 0.240 e. The van der Waals surface area contributed by atoms with E-state index in [1.165, 1.54) is 32.4 Å². The summed E-state index contributed by atoms with van der Waals surface area (Å²) >= 11 is 0. The molecule has 0 aromatic rings. The molecule has 2 aliphatic rings. The fourth-order valence-corrected chi connectivity index (χ4v) is 2.97. The van der Waals surface area contributed by atoms with E-state index in [0.717, 1.165) is 19.5 Å². The molecule has 0 saturated carbocycles. The van der Waals surface area contributed by atoms with E-state index in [1.54, 1.807) is 0 Å². The van der Waals surface area contributed by atoms with Gasteiger partial charge in [-0.3, -0.25) is 9.69 Å². The van der Waals surface area contributed by atoms with Crippen molar-refractivity contribution >= 4 is 5.91 Å². The van der Waals surface area contributed by atoms with Crippen LogP contribution in [0.25, 0.3) is 0 Å². The third kappa shape index (κ3) is 3.04. The summed E-state index contributed by atoms with van der Waals surface area (Å²) < 4.78 is 0. The summed E-state index contributed by atoms with van der Waals surface area (Å²) in [6.45, 7) is 4.03. The number of nitrogens with zero attached hydrogens (tertiary/aromatic N) is 2. The minimum Gasteiger partial charge on any atom is -0.340 e. The van der Waals surface area contributed by atoms with Gasteiger partial charge in [-0.2, -0.15) is 0 Å². The number of amides is 1. The van der Waals surface area contributed by atoms with Crippen molar-refractivity contribution < 1.29 is 4.79 Å². The molecule has 18 heavy (non-hydrogen) atoms. The van der Waals surface area contributed by atoms with E-state index in [0.29, 0.717) is 12.5 Å². The average Bonchev–Trinajstić information content (AvgIpc) is 2.89.